The molecule has 1 saturated carbocycles. The standard InChI is InChI=1S/C13H16FN3O/c14-12-11-7-16-13(17(11)6-5-15-12)10-3-1-9(8-18)2-4-10/h5-7,9-10,18H,1-4,8H2. The van der Waals surface area contributed by atoms with Crippen molar-refractivity contribution < 1.29 is 9.50 Å². The molecule has 1 N–H and O–H groups in total. The molecule has 1 aliphatic rings. The van der Waals surface area contributed by atoms with E-state index >= 15 is 0 Å². The molecular weight excluding hydrogens is 233 g/mol. The fourth-order valence-electron chi connectivity index (χ4n) is 2.82. The third-order valence-corrected chi connectivity index (χ3v) is 3.91. The maximum Gasteiger partial charge on any atom is 0.238 e. The lowest BCUT2D eigenvalue weighted by Gasteiger charge is -2.26. The molecule has 96 valence electrons. The molecule has 0 bridgehead atoms. The summed E-state index contributed by atoms with van der Waals surface area (Å²) in [6, 6.07) is 0. The molecule has 2 heterocycles. The van der Waals surface area contributed by atoms with Crippen LogP contribution in [0.2, 0.25) is 0 Å². The van der Waals surface area contributed by atoms with Crippen LogP contribution in [0.1, 0.15) is 37.4 Å². The minimum atomic E-state index is -0.472. The van der Waals surface area contributed by atoms with Crippen molar-refractivity contribution in [3.8, 4) is 0 Å². The summed E-state index contributed by atoms with van der Waals surface area (Å²) in [6.45, 7) is 0.271. The quantitative estimate of drug-likeness (QED) is 0.887. The van der Waals surface area contributed by atoms with Crippen LogP contribution in [-0.4, -0.2) is 26.1 Å². The van der Waals surface area contributed by atoms with Gasteiger partial charge >= 0.3 is 0 Å². The van der Waals surface area contributed by atoms with Crippen molar-refractivity contribution in [3.63, 3.8) is 0 Å². The zero-order valence-electron chi connectivity index (χ0n) is 10.1. The van der Waals surface area contributed by atoms with Crippen LogP contribution in [0.25, 0.3) is 5.52 Å². The van der Waals surface area contributed by atoms with E-state index in [0.29, 0.717) is 17.4 Å². The first kappa shape index (κ1) is 11.6. The molecule has 0 radical (unpaired) electrons. The highest BCUT2D eigenvalue weighted by Gasteiger charge is 2.25. The highest BCUT2D eigenvalue weighted by Crippen LogP contribution is 2.35. The number of halogens is 1. The normalized spacial score (nSPS) is 24.6. The zero-order valence-corrected chi connectivity index (χ0v) is 10.1. The summed E-state index contributed by atoms with van der Waals surface area (Å²) in [5.41, 5.74) is 0.441. The molecule has 2 aromatic heterocycles. The Morgan fingerprint density at radius 1 is 1.28 bits per heavy atom. The molecule has 3 rings (SSSR count). The number of nitrogens with zero attached hydrogens (tertiary/aromatic N) is 3. The van der Waals surface area contributed by atoms with Gasteiger partial charge in [-0.2, -0.15) is 4.39 Å². The number of aliphatic hydroxyl groups excluding tert-OH is 1. The Hall–Kier alpha value is -1.49. The fourth-order valence-corrected chi connectivity index (χ4v) is 2.82. The van der Waals surface area contributed by atoms with Crippen molar-refractivity contribution in [1.82, 2.24) is 14.4 Å². The van der Waals surface area contributed by atoms with Crippen LogP contribution in [-0.2, 0) is 0 Å². The molecule has 5 heteroatoms. The summed E-state index contributed by atoms with van der Waals surface area (Å²) < 4.78 is 15.3. The van der Waals surface area contributed by atoms with Gasteiger partial charge in [0.05, 0.1) is 6.20 Å². The molecule has 0 saturated heterocycles. The van der Waals surface area contributed by atoms with E-state index in [1.807, 2.05) is 0 Å². The number of rotatable bonds is 2. The minimum absolute atomic E-state index is 0.271. The van der Waals surface area contributed by atoms with Gasteiger partial charge in [-0.05, 0) is 31.6 Å². The number of hydrogen-bond acceptors (Lipinski definition) is 3. The van der Waals surface area contributed by atoms with E-state index in [-0.39, 0.29) is 6.61 Å². The monoisotopic (exact) mass is 249 g/mol. The first-order chi connectivity index (χ1) is 8.79. The lowest BCUT2D eigenvalue weighted by molar-refractivity contribution is 0.181. The molecule has 2 aromatic rings. The second kappa shape index (κ2) is 4.65. The average molecular weight is 249 g/mol. The van der Waals surface area contributed by atoms with E-state index < -0.39 is 5.95 Å². The molecule has 18 heavy (non-hydrogen) atoms. The third-order valence-electron chi connectivity index (χ3n) is 3.91. The molecule has 0 aliphatic heterocycles. The van der Waals surface area contributed by atoms with Gasteiger partial charge in [0.1, 0.15) is 11.3 Å². The fraction of sp³-hybridized carbons (Fsp3) is 0.538. The molecule has 0 aromatic carbocycles. The van der Waals surface area contributed by atoms with Crippen LogP contribution in [0.3, 0.4) is 0 Å². The summed E-state index contributed by atoms with van der Waals surface area (Å²) in [6.07, 6.45) is 8.83. The first-order valence-corrected chi connectivity index (χ1v) is 6.38. The Bertz CT molecular complexity index is 546. The van der Waals surface area contributed by atoms with Crippen LogP contribution in [0.15, 0.2) is 18.6 Å². The molecule has 0 amide bonds. The molecule has 0 atom stereocenters. The van der Waals surface area contributed by atoms with Crippen LogP contribution < -0.4 is 0 Å². The van der Waals surface area contributed by atoms with Crippen molar-refractivity contribution >= 4 is 5.52 Å². The highest BCUT2D eigenvalue weighted by atomic mass is 19.1. The Labute approximate surface area is 104 Å². The molecule has 0 unspecified atom stereocenters. The maximum atomic E-state index is 13.5. The Balaban J connectivity index is 1.89. The summed E-state index contributed by atoms with van der Waals surface area (Å²) in [5.74, 6) is 1.23. The van der Waals surface area contributed by atoms with Crippen molar-refractivity contribution in [2.24, 2.45) is 5.92 Å². The van der Waals surface area contributed by atoms with E-state index in [2.05, 4.69) is 9.97 Å². The number of imidazole rings is 1. The number of aliphatic hydroxyl groups is 1. The lowest BCUT2D eigenvalue weighted by Crippen LogP contribution is -2.17. The maximum absolute atomic E-state index is 13.5. The van der Waals surface area contributed by atoms with Gasteiger partial charge in [0.25, 0.3) is 0 Å². The van der Waals surface area contributed by atoms with Gasteiger partial charge < -0.3 is 5.11 Å². The van der Waals surface area contributed by atoms with Crippen LogP contribution in [0, 0.1) is 11.9 Å². The number of hydrogen-bond donors (Lipinski definition) is 1. The highest BCUT2D eigenvalue weighted by molar-refractivity contribution is 5.45. The van der Waals surface area contributed by atoms with Gasteiger partial charge in [0.15, 0.2) is 0 Å². The van der Waals surface area contributed by atoms with E-state index in [9.17, 15) is 4.39 Å². The van der Waals surface area contributed by atoms with Crippen LogP contribution >= 0.6 is 0 Å². The molecule has 4 nitrogen and oxygen atoms in total. The van der Waals surface area contributed by atoms with Crippen molar-refractivity contribution in [1.29, 1.82) is 0 Å². The predicted octanol–water partition coefficient (Wildman–Crippen LogP) is 2.13. The average Bonchev–Trinajstić information content (AvgIpc) is 2.84. The smallest absolute Gasteiger partial charge is 0.238 e. The van der Waals surface area contributed by atoms with Gasteiger partial charge in [0, 0.05) is 24.9 Å². The second-order valence-electron chi connectivity index (χ2n) is 4.99. The number of fused-ring (bicyclic) bond motifs is 1. The second-order valence-corrected chi connectivity index (χ2v) is 4.99. The molecule has 1 fully saturated rings. The van der Waals surface area contributed by atoms with Crippen molar-refractivity contribution in [3.05, 3.63) is 30.4 Å². The summed E-state index contributed by atoms with van der Waals surface area (Å²) in [7, 11) is 0. The van der Waals surface area contributed by atoms with Crippen molar-refractivity contribution in [2.75, 3.05) is 6.61 Å². The van der Waals surface area contributed by atoms with E-state index in [4.69, 9.17) is 5.11 Å². The molecule has 0 spiro atoms. The third kappa shape index (κ3) is 1.88. The van der Waals surface area contributed by atoms with E-state index in [0.717, 1.165) is 31.5 Å². The van der Waals surface area contributed by atoms with Gasteiger partial charge in [-0.3, -0.25) is 4.40 Å². The van der Waals surface area contributed by atoms with Gasteiger partial charge in [0.2, 0.25) is 5.95 Å². The molecular formula is C13H16FN3O. The van der Waals surface area contributed by atoms with Gasteiger partial charge in [-0.15, -0.1) is 0 Å². The lowest BCUT2D eigenvalue weighted by atomic mass is 9.82. The van der Waals surface area contributed by atoms with E-state index in [1.54, 1.807) is 16.8 Å². The van der Waals surface area contributed by atoms with Crippen LogP contribution in [0.5, 0.6) is 0 Å². The zero-order chi connectivity index (χ0) is 12.5. The van der Waals surface area contributed by atoms with Gasteiger partial charge in [-0.25, -0.2) is 9.97 Å². The van der Waals surface area contributed by atoms with Crippen molar-refractivity contribution in [2.45, 2.75) is 31.6 Å². The topological polar surface area (TPSA) is 50.4 Å². The largest absolute Gasteiger partial charge is 0.396 e. The summed E-state index contributed by atoms with van der Waals surface area (Å²) in [4.78, 5) is 7.98. The minimum Gasteiger partial charge on any atom is -0.396 e. The Morgan fingerprint density at radius 3 is 2.78 bits per heavy atom. The SMILES string of the molecule is OCC1CCC(c2ncc3c(F)nccn23)CC1. The summed E-state index contributed by atoms with van der Waals surface area (Å²) >= 11 is 0. The predicted molar refractivity (Wildman–Crippen MR) is 64.7 cm³/mol. The van der Waals surface area contributed by atoms with E-state index in [1.165, 1.54) is 6.20 Å². The summed E-state index contributed by atoms with van der Waals surface area (Å²) in [5, 5.41) is 9.14. The van der Waals surface area contributed by atoms with Crippen LogP contribution in [0.4, 0.5) is 4.39 Å². The Kier molecular flexibility index (Phi) is 2.99. The Morgan fingerprint density at radius 2 is 2.06 bits per heavy atom. The first-order valence-electron chi connectivity index (χ1n) is 6.38. The molecule has 1 aliphatic carbocycles. The van der Waals surface area contributed by atoms with Gasteiger partial charge in [-0.1, -0.05) is 0 Å². The number of aromatic nitrogens is 3.